The monoisotopic (exact) mass is 524 g/mol. The maximum atomic E-state index is 13.6. The fraction of sp³-hybridized carbons (Fsp3) is 0.310. The molecule has 2 amide bonds. The van der Waals surface area contributed by atoms with Crippen LogP contribution in [0, 0.1) is 5.82 Å². The zero-order valence-corrected chi connectivity index (χ0v) is 21.2. The highest BCUT2D eigenvalue weighted by Crippen LogP contribution is 2.23. The first-order valence-corrected chi connectivity index (χ1v) is 12.7. The van der Waals surface area contributed by atoms with Gasteiger partial charge in [-0.25, -0.2) is 4.39 Å². The van der Waals surface area contributed by atoms with Crippen molar-refractivity contribution in [3.8, 4) is 5.75 Å². The summed E-state index contributed by atoms with van der Waals surface area (Å²) in [5, 5.41) is 3.36. The van der Waals surface area contributed by atoms with Gasteiger partial charge in [0.25, 0.3) is 5.91 Å². The first-order valence-electron chi connectivity index (χ1n) is 12.3. The molecule has 1 aliphatic heterocycles. The molecule has 0 saturated carbocycles. The van der Waals surface area contributed by atoms with E-state index in [-0.39, 0.29) is 31.0 Å². The van der Waals surface area contributed by atoms with Gasteiger partial charge in [0.2, 0.25) is 5.91 Å². The smallest absolute Gasteiger partial charge is 0.261 e. The van der Waals surface area contributed by atoms with Gasteiger partial charge < -0.3 is 19.7 Å². The zero-order valence-electron chi connectivity index (χ0n) is 20.4. The molecule has 0 spiro atoms. The topological polar surface area (TPSA) is 67.9 Å². The number of carbonyl (C=O) groups is 2. The lowest BCUT2D eigenvalue weighted by atomic mass is 10.0. The Morgan fingerprint density at radius 2 is 1.76 bits per heavy atom. The van der Waals surface area contributed by atoms with Gasteiger partial charge in [-0.3, -0.25) is 9.59 Å². The Kier molecular flexibility index (Phi) is 9.52. The van der Waals surface area contributed by atoms with Crippen molar-refractivity contribution in [2.75, 3.05) is 19.8 Å². The van der Waals surface area contributed by atoms with Crippen LogP contribution >= 0.6 is 11.6 Å². The summed E-state index contributed by atoms with van der Waals surface area (Å²) in [7, 11) is 0. The van der Waals surface area contributed by atoms with Gasteiger partial charge in [-0.2, -0.15) is 0 Å². The minimum Gasteiger partial charge on any atom is -0.482 e. The van der Waals surface area contributed by atoms with Gasteiger partial charge >= 0.3 is 0 Å². The molecule has 0 aliphatic carbocycles. The van der Waals surface area contributed by atoms with Crippen molar-refractivity contribution in [3.63, 3.8) is 0 Å². The molecule has 4 rings (SSSR count). The number of nitrogens with one attached hydrogen (secondary N) is 1. The zero-order chi connectivity index (χ0) is 26.0. The number of carbonyl (C=O) groups excluding carboxylic acids is 2. The molecule has 1 aliphatic rings. The summed E-state index contributed by atoms with van der Waals surface area (Å²) in [6, 6.07) is 21.5. The van der Waals surface area contributed by atoms with E-state index in [0.717, 1.165) is 18.4 Å². The molecule has 1 saturated heterocycles. The predicted octanol–water partition coefficient (Wildman–Crippen LogP) is 4.79. The van der Waals surface area contributed by atoms with E-state index in [1.54, 1.807) is 36.4 Å². The number of ether oxygens (including phenoxy) is 2. The first kappa shape index (κ1) is 26.6. The number of rotatable bonds is 11. The second-order valence-corrected chi connectivity index (χ2v) is 9.36. The van der Waals surface area contributed by atoms with Crippen molar-refractivity contribution >= 4 is 23.4 Å². The van der Waals surface area contributed by atoms with Crippen molar-refractivity contribution in [2.45, 2.75) is 38.0 Å². The number of hydrogen-bond donors (Lipinski definition) is 1. The van der Waals surface area contributed by atoms with E-state index in [1.165, 1.54) is 17.0 Å². The second-order valence-electron chi connectivity index (χ2n) is 8.95. The van der Waals surface area contributed by atoms with Crippen LogP contribution in [0.1, 0.15) is 24.0 Å². The molecule has 3 aromatic rings. The third-order valence-electron chi connectivity index (χ3n) is 6.25. The molecule has 2 atom stereocenters. The minimum absolute atomic E-state index is 0.0360. The number of para-hydroxylation sites is 1. The number of amides is 2. The van der Waals surface area contributed by atoms with Gasteiger partial charge in [0.1, 0.15) is 17.6 Å². The van der Waals surface area contributed by atoms with Crippen molar-refractivity contribution in [1.82, 2.24) is 10.2 Å². The summed E-state index contributed by atoms with van der Waals surface area (Å²) >= 11 is 6.19. The molecule has 6 nitrogen and oxygen atoms in total. The lowest BCUT2D eigenvalue weighted by Crippen LogP contribution is -2.52. The Hall–Kier alpha value is -3.42. The molecule has 194 valence electrons. The highest BCUT2D eigenvalue weighted by atomic mass is 35.5. The average Bonchev–Trinajstić information content (AvgIpc) is 3.44. The molecule has 8 heteroatoms. The van der Waals surface area contributed by atoms with Crippen LogP contribution < -0.4 is 10.1 Å². The van der Waals surface area contributed by atoms with Crippen molar-refractivity contribution in [3.05, 3.63) is 101 Å². The molecular weight excluding hydrogens is 495 g/mol. The lowest BCUT2D eigenvalue weighted by molar-refractivity contribution is -0.143. The Labute approximate surface area is 221 Å². The molecule has 0 radical (unpaired) electrons. The highest BCUT2D eigenvalue weighted by Gasteiger charge is 2.31. The van der Waals surface area contributed by atoms with E-state index >= 15 is 0 Å². The normalized spacial score (nSPS) is 15.7. The van der Waals surface area contributed by atoms with Gasteiger partial charge in [-0.1, -0.05) is 66.2 Å². The molecule has 37 heavy (non-hydrogen) atoms. The van der Waals surface area contributed by atoms with E-state index in [0.29, 0.717) is 35.9 Å². The number of hydrogen-bond acceptors (Lipinski definition) is 4. The number of halogens is 2. The van der Waals surface area contributed by atoms with E-state index < -0.39 is 11.9 Å². The van der Waals surface area contributed by atoms with E-state index in [2.05, 4.69) is 5.32 Å². The van der Waals surface area contributed by atoms with Gasteiger partial charge in [-0.15, -0.1) is 0 Å². The quantitative estimate of drug-likeness (QED) is 0.391. The molecule has 0 unspecified atom stereocenters. The summed E-state index contributed by atoms with van der Waals surface area (Å²) in [5.74, 6) is -0.675. The second kappa shape index (κ2) is 13.2. The van der Waals surface area contributed by atoms with Gasteiger partial charge in [0, 0.05) is 26.1 Å². The van der Waals surface area contributed by atoms with Crippen LogP contribution in [0.4, 0.5) is 4.39 Å². The first-order chi connectivity index (χ1) is 18.0. The Morgan fingerprint density at radius 1 is 1.03 bits per heavy atom. The van der Waals surface area contributed by atoms with Crippen LogP contribution in [-0.4, -0.2) is 48.6 Å². The van der Waals surface area contributed by atoms with Crippen molar-refractivity contribution < 1.29 is 23.5 Å². The Balaban J connectivity index is 1.58. The largest absolute Gasteiger partial charge is 0.482 e. The molecule has 1 fully saturated rings. The van der Waals surface area contributed by atoms with Crippen LogP contribution in [0.2, 0.25) is 5.02 Å². The fourth-order valence-corrected chi connectivity index (χ4v) is 4.45. The average molecular weight is 525 g/mol. The van der Waals surface area contributed by atoms with Crippen molar-refractivity contribution in [2.24, 2.45) is 0 Å². The SMILES string of the molecule is O=C(NC[C@H]1CCCO1)[C@@H](Cc1ccccc1)N(Cc1ccc(F)cc1)C(=O)COc1ccccc1Cl. The van der Waals surface area contributed by atoms with E-state index in [1.807, 2.05) is 30.3 Å². The standard InChI is InChI=1S/C29H30ClFN2O4/c30-25-10-4-5-11-27(25)37-20-28(34)33(19-22-12-14-23(31)15-13-22)26(17-21-7-2-1-3-8-21)29(35)32-18-24-9-6-16-36-24/h1-5,7-8,10-15,24,26H,6,9,16-20H2,(H,32,35)/t24-,26-/m1/s1. The highest BCUT2D eigenvalue weighted by molar-refractivity contribution is 6.32. The van der Waals surface area contributed by atoms with Crippen LogP contribution in [0.25, 0.3) is 0 Å². The van der Waals surface area contributed by atoms with Crippen LogP contribution in [-0.2, 0) is 27.3 Å². The molecular formula is C29H30ClFN2O4. The number of benzene rings is 3. The van der Waals surface area contributed by atoms with E-state index in [9.17, 15) is 14.0 Å². The Bertz CT molecular complexity index is 1170. The van der Waals surface area contributed by atoms with E-state index in [4.69, 9.17) is 21.1 Å². The summed E-state index contributed by atoms with van der Waals surface area (Å²) < 4.78 is 24.9. The summed E-state index contributed by atoms with van der Waals surface area (Å²) in [4.78, 5) is 28.6. The third kappa shape index (κ3) is 7.78. The summed E-state index contributed by atoms with van der Waals surface area (Å²) in [6.07, 6.45) is 2.11. The van der Waals surface area contributed by atoms with Crippen LogP contribution in [0.3, 0.4) is 0 Å². The number of nitrogens with zero attached hydrogens (tertiary/aromatic N) is 1. The van der Waals surface area contributed by atoms with Crippen molar-refractivity contribution in [1.29, 1.82) is 0 Å². The lowest BCUT2D eigenvalue weighted by Gasteiger charge is -2.32. The molecule has 1 N–H and O–H groups in total. The maximum absolute atomic E-state index is 13.6. The predicted molar refractivity (Wildman–Crippen MR) is 140 cm³/mol. The Morgan fingerprint density at radius 3 is 2.46 bits per heavy atom. The fourth-order valence-electron chi connectivity index (χ4n) is 4.26. The molecule has 0 aromatic heterocycles. The summed E-state index contributed by atoms with van der Waals surface area (Å²) in [5.41, 5.74) is 1.60. The molecule has 3 aromatic carbocycles. The van der Waals surface area contributed by atoms with Crippen LogP contribution in [0.15, 0.2) is 78.9 Å². The molecule has 1 heterocycles. The van der Waals surface area contributed by atoms with Gasteiger partial charge in [0.05, 0.1) is 11.1 Å². The van der Waals surface area contributed by atoms with Crippen LogP contribution in [0.5, 0.6) is 5.75 Å². The molecule has 0 bridgehead atoms. The van der Waals surface area contributed by atoms with Gasteiger partial charge in [-0.05, 0) is 48.2 Å². The summed E-state index contributed by atoms with van der Waals surface area (Å²) in [6.45, 7) is 0.854. The maximum Gasteiger partial charge on any atom is 0.261 e. The third-order valence-corrected chi connectivity index (χ3v) is 6.57. The minimum atomic E-state index is -0.823. The van der Waals surface area contributed by atoms with Gasteiger partial charge in [0.15, 0.2) is 6.61 Å².